The normalized spacial score (nSPS) is 15.4. The minimum absolute atomic E-state index is 0.0386. The van der Waals surface area contributed by atoms with E-state index in [9.17, 15) is 19.7 Å². The number of amides is 2. The van der Waals surface area contributed by atoms with Crippen LogP contribution in [0.25, 0.3) is 0 Å². The molecule has 1 N–H and O–H groups in total. The van der Waals surface area contributed by atoms with Gasteiger partial charge < -0.3 is 19.7 Å². The molecule has 2 amide bonds. The third-order valence-corrected chi connectivity index (χ3v) is 5.17. The van der Waals surface area contributed by atoms with E-state index in [4.69, 9.17) is 9.47 Å². The van der Waals surface area contributed by atoms with Crippen LogP contribution in [-0.4, -0.2) is 54.5 Å². The highest BCUT2D eigenvalue weighted by molar-refractivity contribution is 5.98. The number of methoxy groups -OCH3 is 1. The van der Waals surface area contributed by atoms with Crippen LogP contribution >= 0.6 is 0 Å². The largest absolute Gasteiger partial charge is 0.497 e. The maximum absolute atomic E-state index is 12.9. The quantitative estimate of drug-likeness (QED) is 0.394. The number of rotatable bonds is 8. The number of hydrogen-bond donors (Lipinski definition) is 1. The number of carbonyl (C=O) groups excluding carboxylic acids is 2. The Labute approximate surface area is 180 Å². The van der Waals surface area contributed by atoms with Gasteiger partial charge in [0.1, 0.15) is 24.1 Å². The predicted octanol–water partition coefficient (Wildman–Crippen LogP) is 2.71. The van der Waals surface area contributed by atoms with Gasteiger partial charge in [-0.1, -0.05) is 6.07 Å². The summed E-state index contributed by atoms with van der Waals surface area (Å²) in [6, 6.07) is 10.9. The van der Waals surface area contributed by atoms with Crippen molar-refractivity contribution in [2.24, 2.45) is 0 Å². The first-order chi connectivity index (χ1) is 14.9. The Bertz CT molecular complexity index is 977. The van der Waals surface area contributed by atoms with Crippen LogP contribution in [-0.2, 0) is 4.79 Å². The zero-order valence-corrected chi connectivity index (χ0v) is 17.5. The molecule has 31 heavy (non-hydrogen) atoms. The third-order valence-electron chi connectivity index (χ3n) is 5.17. The van der Waals surface area contributed by atoms with Crippen LogP contribution in [0.1, 0.15) is 28.8 Å². The number of carbonyl (C=O) groups is 2. The molecule has 0 aromatic heterocycles. The highest BCUT2D eigenvalue weighted by Gasteiger charge is 2.34. The SMILES string of the molecule is COc1cccc(OCCNC(=O)C2CCCN2C(=O)c2ccc([N+](=O)[O-])c(C)c2)c1. The standard InChI is InChI=1S/C22H25N3O6/c1-15-13-16(8-9-19(15)25(28)29)22(27)24-11-4-7-20(24)21(26)23-10-12-31-18-6-3-5-17(14-18)30-2/h3,5-6,8-9,13-14,20H,4,7,10-12H2,1-2H3,(H,23,26). The van der Waals surface area contributed by atoms with E-state index in [0.29, 0.717) is 42.1 Å². The number of nitro benzene ring substituents is 1. The van der Waals surface area contributed by atoms with Gasteiger partial charge >= 0.3 is 0 Å². The van der Waals surface area contributed by atoms with Gasteiger partial charge in [0.15, 0.2) is 0 Å². The van der Waals surface area contributed by atoms with E-state index in [0.717, 1.165) is 6.42 Å². The van der Waals surface area contributed by atoms with Crippen molar-refractivity contribution in [2.75, 3.05) is 26.8 Å². The first-order valence-electron chi connectivity index (χ1n) is 10.0. The molecule has 0 aliphatic carbocycles. The first kappa shape index (κ1) is 22.1. The van der Waals surface area contributed by atoms with Gasteiger partial charge in [-0.15, -0.1) is 0 Å². The topological polar surface area (TPSA) is 111 Å². The predicted molar refractivity (Wildman–Crippen MR) is 113 cm³/mol. The van der Waals surface area contributed by atoms with Crippen LogP contribution in [0.15, 0.2) is 42.5 Å². The van der Waals surface area contributed by atoms with Gasteiger partial charge in [-0.25, -0.2) is 0 Å². The molecule has 2 aromatic carbocycles. The Morgan fingerprint density at radius 3 is 2.71 bits per heavy atom. The summed E-state index contributed by atoms with van der Waals surface area (Å²) in [5.74, 6) is 0.782. The second kappa shape index (κ2) is 9.92. The molecule has 0 saturated carbocycles. The van der Waals surface area contributed by atoms with Crippen molar-refractivity contribution in [1.29, 1.82) is 0 Å². The number of likely N-dealkylation sites (tertiary alicyclic amines) is 1. The van der Waals surface area contributed by atoms with Gasteiger partial charge in [-0.05, 0) is 44.0 Å². The van der Waals surface area contributed by atoms with Crippen LogP contribution in [0, 0.1) is 17.0 Å². The summed E-state index contributed by atoms with van der Waals surface area (Å²) in [6.07, 6.45) is 1.29. The monoisotopic (exact) mass is 427 g/mol. The fourth-order valence-corrected chi connectivity index (χ4v) is 3.59. The van der Waals surface area contributed by atoms with Crippen LogP contribution in [0.4, 0.5) is 5.69 Å². The summed E-state index contributed by atoms with van der Waals surface area (Å²) in [6.45, 7) is 2.63. The zero-order chi connectivity index (χ0) is 22.4. The van der Waals surface area contributed by atoms with Crippen molar-refractivity contribution < 1.29 is 24.0 Å². The molecule has 9 nitrogen and oxygen atoms in total. The van der Waals surface area contributed by atoms with Crippen LogP contribution in [0.2, 0.25) is 0 Å². The smallest absolute Gasteiger partial charge is 0.272 e. The van der Waals surface area contributed by atoms with Gasteiger partial charge in [-0.3, -0.25) is 19.7 Å². The Kier molecular flexibility index (Phi) is 7.07. The van der Waals surface area contributed by atoms with Crippen LogP contribution in [0.5, 0.6) is 11.5 Å². The van der Waals surface area contributed by atoms with Crippen molar-refractivity contribution in [2.45, 2.75) is 25.8 Å². The lowest BCUT2D eigenvalue weighted by Crippen LogP contribution is -2.46. The summed E-state index contributed by atoms with van der Waals surface area (Å²) in [5.41, 5.74) is 0.707. The third kappa shape index (κ3) is 5.30. The van der Waals surface area contributed by atoms with E-state index >= 15 is 0 Å². The average molecular weight is 427 g/mol. The lowest BCUT2D eigenvalue weighted by molar-refractivity contribution is -0.385. The summed E-state index contributed by atoms with van der Waals surface area (Å²) < 4.78 is 10.8. The Hall–Kier alpha value is -3.62. The lowest BCUT2D eigenvalue weighted by Gasteiger charge is -2.24. The first-order valence-corrected chi connectivity index (χ1v) is 10.0. The fraction of sp³-hybridized carbons (Fsp3) is 0.364. The average Bonchev–Trinajstić information content (AvgIpc) is 3.26. The molecule has 1 saturated heterocycles. The molecular formula is C22H25N3O6. The fourth-order valence-electron chi connectivity index (χ4n) is 3.59. The molecule has 1 atom stereocenters. The van der Waals surface area contributed by atoms with Crippen LogP contribution in [0.3, 0.4) is 0 Å². The number of hydrogen-bond acceptors (Lipinski definition) is 6. The van der Waals surface area contributed by atoms with E-state index < -0.39 is 11.0 Å². The molecular weight excluding hydrogens is 402 g/mol. The number of ether oxygens (including phenoxy) is 2. The van der Waals surface area contributed by atoms with Crippen molar-refractivity contribution in [3.05, 3.63) is 63.7 Å². The molecule has 2 aromatic rings. The van der Waals surface area contributed by atoms with Gasteiger partial charge in [0.25, 0.3) is 11.6 Å². The van der Waals surface area contributed by atoms with E-state index in [1.54, 1.807) is 26.2 Å². The van der Waals surface area contributed by atoms with Crippen molar-refractivity contribution in [3.8, 4) is 11.5 Å². The minimum Gasteiger partial charge on any atom is -0.497 e. The Morgan fingerprint density at radius 2 is 2.00 bits per heavy atom. The summed E-state index contributed by atoms with van der Waals surface area (Å²) in [4.78, 5) is 37.6. The summed E-state index contributed by atoms with van der Waals surface area (Å²) in [5, 5.41) is 13.8. The molecule has 1 aliphatic rings. The summed E-state index contributed by atoms with van der Waals surface area (Å²) >= 11 is 0. The molecule has 9 heteroatoms. The van der Waals surface area contributed by atoms with Crippen LogP contribution < -0.4 is 14.8 Å². The molecule has 164 valence electrons. The van der Waals surface area contributed by atoms with Gasteiger partial charge in [0, 0.05) is 29.8 Å². The summed E-state index contributed by atoms with van der Waals surface area (Å²) in [7, 11) is 1.58. The second-order valence-corrected chi connectivity index (χ2v) is 7.23. The molecule has 1 unspecified atom stereocenters. The van der Waals surface area contributed by atoms with Crippen molar-refractivity contribution in [1.82, 2.24) is 10.2 Å². The van der Waals surface area contributed by atoms with E-state index in [-0.39, 0.29) is 24.1 Å². The number of aryl methyl sites for hydroxylation is 1. The Morgan fingerprint density at radius 1 is 1.23 bits per heavy atom. The van der Waals surface area contributed by atoms with E-state index in [1.165, 1.54) is 23.1 Å². The highest BCUT2D eigenvalue weighted by Crippen LogP contribution is 2.24. The Balaban J connectivity index is 1.55. The molecule has 1 fully saturated rings. The zero-order valence-electron chi connectivity index (χ0n) is 17.5. The molecule has 0 bridgehead atoms. The number of nitrogens with one attached hydrogen (secondary N) is 1. The lowest BCUT2D eigenvalue weighted by atomic mass is 10.1. The number of nitrogens with zero attached hydrogens (tertiary/aromatic N) is 2. The molecule has 3 rings (SSSR count). The van der Waals surface area contributed by atoms with E-state index in [1.807, 2.05) is 12.1 Å². The number of nitro groups is 1. The molecule has 0 spiro atoms. The second-order valence-electron chi connectivity index (χ2n) is 7.23. The van der Waals surface area contributed by atoms with Gasteiger partial charge in [0.05, 0.1) is 18.6 Å². The maximum Gasteiger partial charge on any atom is 0.272 e. The molecule has 0 radical (unpaired) electrons. The maximum atomic E-state index is 12.9. The molecule has 1 heterocycles. The minimum atomic E-state index is -0.570. The highest BCUT2D eigenvalue weighted by atomic mass is 16.6. The molecule has 1 aliphatic heterocycles. The van der Waals surface area contributed by atoms with Crippen molar-refractivity contribution >= 4 is 17.5 Å². The van der Waals surface area contributed by atoms with E-state index in [2.05, 4.69) is 5.32 Å². The van der Waals surface area contributed by atoms with Crippen molar-refractivity contribution in [3.63, 3.8) is 0 Å². The van der Waals surface area contributed by atoms with Gasteiger partial charge in [0.2, 0.25) is 5.91 Å². The number of benzene rings is 2. The van der Waals surface area contributed by atoms with Gasteiger partial charge in [-0.2, -0.15) is 0 Å².